The first-order valence-corrected chi connectivity index (χ1v) is 10.2. The van der Waals surface area contributed by atoms with Gasteiger partial charge in [-0.25, -0.2) is 0 Å². The first kappa shape index (κ1) is 22.6. The van der Waals surface area contributed by atoms with Gasteiger partial charge in [-0.3, -0.25) is 8.98 Å². The van der Waals surface area contributed by atoms with Crippen LogP contribution in [0.4, 0.5) is 0 Å². The van der Waals surface area contributed by atoms with Gasteiger partial charge in [0, 0.05) is 32.5 Å². The smallest absolute Gasteiger partial charge is 0.302 e. The number of hydrogen-bond donors (Lipinski definition) is 0. The molecule has 148 valence electrons. The Kier molecular flexibility index (Phi) is 10.4. The molecule has 1 aromatic carbocycles. The van der Waals surface area contributed by atoms with Crippen molar-refractivity contribution >= 4 is 16.1 Å². The maximum atomic E-state index is 12.2. The average Bonchev–Trinajstić information content (AvgIpc) is 2.58. The Morgan fingerprint density at radius 2 is 1.65 bits per heavy atom. The zero-order valence-electron chi connectivity index (χ0n) is 15.6. The van der Waals surface area contributed by atoms with Gasteiger partial charge in [0.2, 0.25) is 0 Å². The third kappa shape index (κ3) is 9.86. The van der Waals surface area contributed by atoms with Crippen molar-refractivity contribution in [3.8, 4) is 0 Å². The minimum absolute atomic E-state index is 0.0346. The van der Waals surface area contributed by atoms with E-state index in [4.69, 9.17) is 18.4 Å². The summed E-state index contributed by atoms with van der Waals surface area (Å²) in [6.07, 6.45) is -0.151. The summed E-state index contributed by atoms with van der Waals surface area (Å²) in [6, 6.07) is 8.79. The van der Waals surface area contributed by atoms with Crippen LogP contribution in [0.1, 0.15) is 32.8 Å². The van der Waals surface area contributed by atoms with Gasteiger partial charge in [-0.05, 0) is 19.4 Å². The van der Waals surface area contributed by atoms with Crippen LogP contribution in [0, 0.1) is 5.92 Å². The lowest BCUT2D eigenvalue weighted by molar-refractivity contribution is -0.156. The maximum Gasteiger partial charge on any atom is 0.302 e. The van der Waals surface area contributed by atoms with Crippen molar-refractivity contribution in [3.63, 3.8) is 0 Å². The number of carbonyl (C=O) groups excluding carboxylic acids is 1. The molecule has 0 saturated carbocycles. The van der Waals surface area contributed by atoms with Crippen LogP contribution in [0.3, 0.4) is 0 Å². The Hall–Kier alpha value is -1.48. The van der Waals surface area contributed by atoms with Crippen LogP contribution in [0.5, 0.6) is 0 Å². The SMILES string of the molecule is CCOC(CC(COC(C)=O)COS(=O)(=O)Cc1ccccc1)OCC. The molecule has 1 aromatic rings. The summed E-state index contributed by atoms with van der Waals surface area (Å²) in [5.74, 6) is -1.02. The molecular formula is C18H28O7S. The predicted octanol–water partition coefficient (Wildman–Crippen LogP) is 2.50. The minimum Gasteiger partial charge on any atom is -0.465 e. The van der Waals surface area contributed by atoms with Crippen LogP contribution in [0.25, 0.3) is 0 Å². The zero-order chi connectivity index (χ0) is 19.4. The highest BCUT2D eigenvalue weighted by atomic mass is 32.2. The summed E-state index contributed by atoms with van der Waals surface area (Å²) in [5.41, 5.74) is 0.644. The Labute approximate surface area is 155 Å². The largest absolute Gasteiger partial charge is 0.465 e. The fraction of sp³-hybridized carbons (Fsp3) is 0.611. The van der Waals surface area contributed by atoms with Crippen molar-refractivity contribution in [1.29, 1.82) is 0 Å². The summed E-state index contributed by atoms with van der Waals surface area (Å²) in [6.45, 7) is 5.82. The molecular weight excluding hydrogens is 360 g/mol. The van der Waals surface area contributed by atoms with Crippen LogP contribution < -0.4 is 0 Å². The van der Waals surface area contributed by atoms with Crippen molar-refractivity contribution in [3.05, 3.63) is 35.9 Å². The molecule has 0 saturated heterocycles. The Morgan fingerprint density at radius 3 is 2.19 bits per heavy atom. The van der Waals surface area contributed by atoms with Gasteiger partial charge in [-0.15, -0.1) is 0 Å². The number of benzene rings is 1. The minimum atomic E-state index is -3.75. The summed E-state index contributed by atoms with van der Waals surface area (Å²) in [7, 11) is -3.75. The van der Waals surface area contributed by atoms with Gasteiger partial charge in [0.05, 0.1) is 13.2 Å². The van der Waals surface area contributed by atoms with Crippen LogP contribution >= 0.6 is 0 Å². The Balaban J connectivity index is 2.66. The summed E-state index contributed by atoms with van der Waals surface area (Å²) >= 11 is 0. The highest BCUT2D eigenvalue weighted by Crippen LogP contribution is 2.16. The first-order chi connectivity index (χ1) is 12.4. The molecule has 0 aliphatic rings. The van der Waals surface area contributed by atoms with Gasteiger partial charge in [-0.2, -0.15) is 8.42 Å². The second-order valence-corrected chi connectivity index (χ2v) is 7.36. The van der Waals surface area contributed by atoms with E-state index in [0.717, 1.165) is 0 Å². The van der Waals surface area contributed by atoms with Crippen molar-refractivity contribution in [2.24, 2.45) is 5.92 Å². The van der Waals surface area contributed by atoms with E-state index in [1.807, 2.05) is 19.9 Å². The molecule has 0 aromatic heterocycles. The lowest BCUT2D eigenvalue weighted by atomic mass is 10.1. The van der Waals surface area contributed by atoms with Gasteiger partial charge < -0.3 is 14.2 Å². The van der Waals surface area contributed by atoms with Gasteiger partial charge in [0.15, 0.2) is 6.29 Å². The van der Waals surface area contributed by atoms with Crippen LogP contribution in [0.15, 0.2) is 30.3 Å². The summed E-state index contributed by atoms with van der Waals surface area (Å²) < 4.78 is 45.5. The fourth-order valence-electron chi connectivity index (χ4n) is 2.27. The standard InChI is InChI=1S/C18H28O7S/c1-4-22-18(23-5-2)11-17(12-24-15(3)19)13-25-26(20,21)14-16-9-7-6-8-10-16/h6-10,17-18H,4-5,11-14H2,1-3H3. The summed E-state index contributed by atoms with van der Waals surface area (Å²) in [4.78, 5) is 11.1. The lowest BCUT2D eigenvalue weighted by Crippen LogP contribution is -2.28. The van der Waals surface area contributed by atoms with E-state index in [0.29, 0.717) is 25.2 Å². The molecule has 0 radical (unpaired) electrons. The monoisotopic (exact) mass is 388 g/mol. The van der Waals surface area contributed by atoms with Crippen LogP contribution in [-0.4, -0.2) is 47.1 Å². The normalized spacial score (nSPS) is 12.9. The first-order valence-electron chi connectivity index (χ1n) is 8.63. The summed E-state index contributed by atoms with van der Waals surface area (Å²) in [5, 5.41) is 0. The van der Waals surface area contributed by atoms with Crippen LogP contribution in [-0.2, 0) is 39.1 Å². The van der Waals surface area contributed by atoms with Crippen LogP contribution in [0.2, 0.25) is 0 Å². The molecule has 0 aliphatic carbocycles. The second kappa shape index (κ2) is 12.0. The van der Waals surface area contributed by atoms with Crippen molar-refractivity contribution in [2.45, 2.75) is 39.2 Å². The molecule has 0 spiro atoms. The molecule has 0 heterocycles. The molecule has 7 nitrogen and oxygen atoms in total. The third-order valence-corrected chi connectivity index (χ3v) is 4.60. The van der Waals surface area contributed by atoms with Gasteiger partial charge in [-0.1, -0.05) is 30.3 Å². The number of hydrogen-bond acceptors (Lipinski definition) is 7. The highest BCUT2D eigenvalue weighted by molar-refractivity contribution is 7.85. The van der Waals surface area contributed by atoms with E-state index in [9.17, 15) is 13.2 Å². The third-order valence-electron chi connectivity index (χ3n) is 3.42. The Morgan fingerprint density at radius 1 is 1.04 bits per heavy atom. The van der Waals surface area contributed by atoms with E-state index >= 15 is 0 Å². The highest BCUT2D eigenvalue weighted by Gasteiger charge is 2.22. The van der Waals surface area contributed by atoms with Gasteiger partial charge >= 0.3 is 5.97 Å². The average molecular weight is 388 g/mol. The van der Waals surface area contributed by atoms with E-state index in [1.54, 1.807) is 24.3 Å². The topological polar surface area (TPSA) is 88.1 Å². The predicted molar refractivity (Wildman–Crippen MR) is 96.8 cm³/mol. The molecule has 0 fully saturated rings. The van der Waals surface area contributed by atoms with E-state index < -0.39 is 22.4 Å². The molecule has 8 heteroatoms. The van der Waals surface area contributed by atoms with E-state index in [2.05, 4.69) is 0 Å². The number of rotatable bonds is 13. The molecule has 0 amide bonds. The van der Waals surface area contributed by atoms with Gasteiger partial charge in [0.1, 0.15) is 5.75 Å². The van der Waals surface area contributed by atoms with Crippen molar-refractivity contribution in [1.82, 2.24) is 0 Å². The number of carbonyl (C=O) groups is 1. The maximum absolute atomic E-state index is 12.2. The van der Waals surface area contributed by atoms with E-state index in [1.165, 1.54) is 6.92 Å². The van der Waals surface area contributed by atoms with E-state index in [-0.39, 0.29) is 24.9 Å². The molecule has 0 N–H and O–H groups in total. The fourth-order valence-corrected chi connectivity index (χ4v) is 3.35. The number of esters is 1. The molecule has 1 atom stereocenters. The Bertz CT molecular complexity index is 610. The van der Waals surface area contributed by atoms with Crippen molar-refractivity contribution < 1.29 is 31.6 Å². The lowest BCUT2D eigenvalue weighted by Gasteiger charge is -2.23. The molecule has 0 aliphatic heterocycles. The second-order valence-electron chi connectivity index (χ2n) is 5.72. The zero-order valence-corrected chi connectivity index (χ0v) is 16.4. The molecule has 26 heavy (non-hydrogen) atoms. The van der Waals surface area contributed by atoms with Crippen molar-refractivity contribution in [2.75, 3.05) is 26.4 Å². The quantitative estimate of drug-likeness (QED) is 0.291. The molecule has 1 rings (SSSR count). The van der Waals surface area contributed by atoms with Gasteiger partial charge in [0.25, 0.3) is 10.1 Å². The molecule has 1 unspecified atom stereocenters. The molecule has 0 bridgehead atoms. The number of ether oxygens (including phenoxy) is 3.